The zero-order valence-corrected chi connectivity index (χ0v) is 13.7. The van der Waals surface area contributed by atoms with Crippen molar-refractivity contribution in [2.45, 2.75) is 38.6 Å². The second-order valence-corrected chi connectivity index (χ2v) is 6.00. The summed E-state index contributed by atoms with van der Waals surface area (Å²) < 4.78 is 28.9. The second kappa shape index (κ2) is 6.95. The molecule has 0 saturated heterocycles. The van der Waals surface area contributed by atoms with Gasteiger partial charge < -0.3 is 16.2 Å². The molecule has 7 heteroatoms. The van der Waals surface area contributed by atoms with Crippen LogP contribution in [-0.2, 0) is 0 Å². The average molecular weight is 344 g/mol. The Balaban J connectivity index is 2.35. The van der Waals surface area contributed by atoms with E-state index in [9.17, 15) is 8.78 Å². The zero-order chi connectivity index (χ0) is 17.2. The first-order valence-corrected chi connectivity index (χ1v) is 7.72. The number of ether oxygens (including phenoxy) is 1. The number of halogens is 3. The fourth-order valence-corrected chi connectivity index (χ4v) is 2.88. The number of nitrogens with two attached hydrogens (primary N) is 2. The van der Waals surface area contributed by atoms with Crippen LogP contribution < -0.4 is 16.2 Å². The van der Waals surface area contributed by atoms with Gasteiger partial charge in [-0.05, 0) is 47.8 Å². The van der Waals surface area contributed by atoms with E-state index in [1.54, 1.807) is 18.4 Å². The average Bonchev–Trinajstić information content (AvgIpc) is 2.49. The highest BCUT2D eigenvalue weighted by Crippen LogP contribution is 2.36. The van der Waals surface area contributed by atoms with E-state index in [2.05, 4.69) is 9.73 Å². The largest absolute Gasteiger partial charge is 0.435 e. The molecule has 0 aromatic heterocycles. The van der Waals surface area contributed by atoms with Crippen LogP contribution in [0, 0.1) is 5.92 Å². The number of hydrogen-bond donors (Lipinski definition) is 2. The predicted molar refractivity (Wildman–Crippen MR) is 88.9 cm³/mol. The molecule has 1 aliphatic heterocycles. The van der Waals surface area contributed by atoms with E-state index in [4.69, 9.17) is 23.1 Å². The Morgan fingerprint density at radius 1 is 1.43 bits per heavy atom. The third kappa shape index (κ3) is 3.54. The SMILES string of the molecule is CCC(C)C1(N)N=CC=C(c2ccc(OC(F)F)cc2Cl)C1N. The van der Waals surface area contributed by atoms with Crippen molar-refractivity contribution in [3.8, 4) is 5.75 Å². The highest BCUT2D eigenvalue weighted by atomic mass is 35.5. The number of allylic oxidation sites excluding steroid dienone is 1. The van der Waals surface area contributed by atoms with Gasteiger partial charge >= 0.3 is 6.61 Å². The molecule has 4 nitrogen and oxygen atoms in total. The van der Waals surface area contributed by atoms with Gasteiger partial charge in [-0.2, -0.15) is 8.78 Å². The van der Waals surface area contributed by atoms with Crippen molar-refractivity contribution in [3.63, 3.8) is 0 Å². The molecular weight excluding hydrogens is 324 g/mol. The minimum atomic E-state index is -2.90. The van der Waals surface area contributed by atoms with Crippen LogP contribution in [0.15, 0.2) is 29.3 Å². The van der Waals surface area contributed by atoms with Crippen LogP contribution in [0.5, 0.6) is 5.75 Å². The molecule has 0 fully saturated rings. The third-order valence-corrected chi connectivity index (χ3v) is 4.58. The third-order valence-electron chi connectivity index (χ3n) is 4.26. The number of alkyl halides is 2. The Kier molecular flexibility index (Phi) is 5.39. The minimum absolute atomic E-state index is 0.00617. The molecule has 3 unspecified atom stereocenters. The first-order chi connectivity index (χ1) is 10.8. The number of benzene rings is 1. The molecule has 4 N–H and O–H groups in total. The van der Waals surface area contributed by atoms with Crippen LogP contribution in [0.25, 0.3) is 5.57 Å². The Bertz CT molecular complexity index is 636. The summed E-state index contributed by atoms with van der Waals surface area (Å²) >= 11 is 6.21. The Morgan fingerprint density at radius 3 is 2.70 bits per heavy atom. The van der Waals surface area contributed by atoms with Crippen molar-refractivity contribution >= 4 is 23.4 Å². The fraction of sp³-hybridized carbons (Fsp3) is 0.438. The van der Waals surface area contributed by atoms with Crippen molar-refractivity contribution in [2.24, 2.45) is 22.4 Å². The van der Waals surface area contributed by atoms with E-state index in [1.807, 2.05) is 13.8 Å². The lowest BCUT2D eigenvalue weighted by molar-refractivity contribution is -0.0498. The maximum atomic E-state index is 12.3. The van der Waals surface area contributed by atoms with Gasteiger partial charge in [0.05, 0.1) is 11.1 Å². The lowest BCUT2D eigenvalue weighted by atomic mass is 9.79. The zero-order valence-electron chi connectivity index (χ0n) is 13.0. The summed E-state index contributed by atoms with van der Waals surface area (Å²) in [5, 5.41) is 0.270. The van der Waals surface area contributed by atoms with Crippen molar-refractivity contribution in [2.75, 3.05) is 0 Å². The Hall–Kier alpha value is -1.50. The van der Waals surface area contributed by atoms with Gasteiger partial charge in [0.25, 0.3) is 0 Å². The quantitative estimate of drug-likeness (QED) is 0.860. The molecule has 3 atom stereocenters. The van der Waals surface area contributed by atoms with Crippen molar-refractivity contribution in [3.05, 3.63) is 34.9 Å². The van der Waals surface area contributed by atoms with E-state index < -0.39 is 18.3 Å². The summed E-state index contributed by atoms with van der Waals surface area (Å²) in [6.45, 7) is 1.10. The predicted octanol–water partition coefficient (Wildman–Crippen LogP) is 3.44. The molecule has 1 aromatic carbocycles. The normalized spacial score (nSPS) is 25.4. The summed E-state index contributed by atoms with van der Waals surface area (Å²) in [6, 6.07) is 3.81. The first kappa shape index (κ1) is 17.8. The summed E-state index contributed by atoms with van der Waals surface area (Å²) in [7, 11) is 0. The molecule has 23 heavy (non-hydrogen) atoms. The van der Waals surface area contributed by atoms with Gasteiger partial charge in [0.1, 0.15) is 11.4 Å². The van der Waals surface area contributed by atoms with E-state index in [0.717, 1.165) is 12.0 Å². The van der Waals surface area contributed by atoms with Crippen LogP contribution in [0.1, 0.15) is 25.8 Å². The Labute approximate surface area is 139 Å². The van der Waals surface area contributed by atoms with Gasteiger partial charge in [0, 0.05) is 6.21 Å². The summed E-state index contributed by atoms with van der Waals surface area (Å²) in [5.74, 6) is 0.0611. The van der Waals surface area contributed by atoms with E-state index in [1.165, 1.54) is 12.1 Å². The summed E-state index contributed by atoms with van der Waals surface area (Å²) in [6.07, 6.45) is 4.18. The fourth-order valence-electron chi connectivity index (χ4n) is 2.60. The van der Waals surface area contributed by atoms with Crippen LogP contribution in [0.3, 0.4) is 0 Å². The van der Waals surface area contributed by atoms with Gasteiger partial charge in [-0.15, -0.1) is 0 Å². The molecular formula is C16H20ClF2N3O. The van der Waals surface area contributed by atoms with Gasteiger partial charge in [0.2, 0.25) is 0 Å². The second-order valence-electron chi connectivity index (χ2n) is 5.59. The molecule has 1 aromatic rings. The van der Waals surface area contributed by atoms with Crippen LogP contribution in [-0.4, -0.2) is 24.5 Å². The number of nitrogens with zero attached hydrogens (tertiary/aromatic N) is 1. The van der Waals surface area contributed by atoms with Crippen molar-refractivity contribution < 1.29 is 13.5 Å². The standard InChI is InChI=1S/C16H20ClF2N3O/c1-3-9(2)16(21)14(20)12(6-7-22-16)11-5-4-10(8-13(11)17)23-15(18)19/h4-9,14-15H,3,20-21H2,1-2H3. The number of aliphatic imine (C=N–C) groups is 1. The molecule has 0 spiro atoms. The monoisotopic (exact) mass is 343 g/mol. The Morgan fingerprint density at radius 2 is 2.13 bits per heavy atom. The number of dihydropyridines is 1. The van der Waals surface area contributed by atoms with Crippen LogP contribution in [0.2, 0.25) is 5.02 Å². The molecule has 0 aliphatic carbocycles. The van der Waals surface area contributed by atoms with Crippen LogP contribution >= 0.6 is 11.6 Å². The van der Waals surface area contributed by atoms with Crippen LogP contribution in [0.4, 0.5) is 8.78 Å². The van der Waals surface area contributed by atoms with Crippen molar-refractivity contribution in [1.82, 2.24) is 0 Å². The van der Waals surface area contributed by atoms with Gasteiger partial charge in [-0.25, -0.2) is 0 Å². The molecule has 1 heterocycles. The van der Waals surface area contributed by atoms with Gasteiger partial charge in [-0.3, -0.25) is 4.99 Å². The molecule has 0 saturated carbocycles. The van der Waals surface area contributed by atoms with Gasteiger partial charge in [-0.1, -0.05) is 25.4 Å². The highest BCUT2D eigenvalue weighted by Gasteiger charge is 2.40. The number of rotatable bonds is 5. The minimum Gasteiger partial charge on any atom is -0.435 e. The molecule has 126 valence electrons. The number of hydrogen-bond acceptors (Lipinski definition) is 4. The maximum absolute atomic E-state index is 12.3. The lowest BCUT2D eigenvalue weighted by Crippen LogP contribution is -2.59. The molecule has 2 rings (SSSR count). The molecule has 0 radical (unpaired) electrons. The van der Waals surface area contributed by atoms with Crippen molar-refractivity contribution in [1.29, 1.82) is 0 Å². The first-order valence-electron chi connectivity index (χ1n) is 7.34. The summed E-state index contributed by atoms with van der Waals surface area (Å²) in [4.78, 5) is 4.36. The van der Waals surface area contributed by atoms with E-state index in [-0.39, 0.29) is 16.7 Å². The lowest BCUT2D eigenvalue weighted by Gasteiger charge is -2.39. The van der Waals surface area contributed by atoms with E-state index >= 15 is 0 Å². The summed E-state index contributed by atoms with van der Waals surface area (Å²) in [5.41, 5.74) is 13.2. The molecule has 0 amide bonds. The maximum Gasteiger partial charge on any atom is 0.387 e. The topological polar surface area (TPSA) is 73.6 Å². The molecule has 0 bridgehead atoms. The smallest absolute Gasteiger partial charge is 0.387 e. The van der Waals surface area contributed by atoms with Gasteiger partial charge in [0.15, 0.2) is 0 Å². The molecule has 1 aliphatic rings. The van der Waals surface area contributed by atoms with E-state index in [0.29, 0.717) is 5.56 Å². The highest BCUT2D eigenvalue weighted by molar-refractivity contribution is 6.32.